The van der Waals surface area contributed by atoms with Crippen LogP contribution >= 0.6 is 0 Å². The zero-order valence-electron chi connectivity index (χ0n) is 6.90. The minimum atomic E-state index is 0.879. The molecule has 0 aromatic carbocycles. The van der Waals surface area contributed by atoms with E-state index in [1.807, 2.05) is 6.08 Å². The third kappa shape index (κ3) is 0.386. The molecule has 0 radical (unpaired) electrons. The van der Waals surface area contributed by atoms with Gasteiger partial charge in [0, 0.05) is 6.08 Å². The molecule has 0 spiro atoms. The molecule has 0 aromatic rings. The molecule has 0 aromatic heterocycles. The van der Waals surface area contributed by atoms with Gasteiger partial charge in [-0.15, -0.1) is 0 Å². The van der Waals surface area contributed by atoms with E-state index in [0.29, 0.717) is 0 Å². The Kier molecular flexibility index (Phi) is 0.718. The fraction of sp³-hybridized carbons (Fsp3) is 0.727. The van der Waals surface area contributed by atoms with E-state index < -0.39 is 0 Å². The van der Waals surface area contributed by atoms with Crippen molar-refractivity contribution in [2.75, 3.05) is 0 Å². The predicted octanol–water partition coefficient (Wildman–Crippen LogP) is 1.97. The van der Waals surface area contributed by atoms with Crippen molar-refractivity contribution in [2.24, 2.45) is 35.5 Å². The summed E-state index contributed by atoms with van der Waals surface area (Å²) in [5, 5.41) is 8.63. The maximum Gasteiger partial charge on any atom is 0.0911 e. The first-order valence-electron chi connectivity index (χ1n) is 5.00. The minimum absolute atomic E-state index is 0.879. The summed E-state index contributed by atoms with van der Waals surface area (Å²) in [5.41, 5.74) is 1.51. The Hall–Kier alpha value is -0.770. The Morgan fingerprint density at radius 1 is 1.25 bits per heavy atom. The SMILES string of the molecule is N#CC=C1CC2C3CC4C2C4C13. The summed E-state index contributed by atoms with van der Waals surface area (Å²) in [6, 6.07) is 2.21. The number of nitrogens with zero attached hydrogens (tertiary/aromatic N) is 1. The maximum atomic E-state index is 8.63. The van der Waals surface area contributed by atoms with Gasteiger partial charge < -0.3 is 0 Å². The highest BCUT2D eigenvalue weighted by Crippen LogP contribution is 2.81. The van der Waals surface area contributed by atoms with Crippen molar-refractivity contribution in [3.8, 4) is 6.07 Å². The Balaban J connectivity index is 1.84. The molecule has 5 rings (SSSR count). The molecule has 0 saturated heterocycles. The van der Waals surface area contributed by atoms with Gasteiger partial charge in [0.2, 0.25) is 0 Å². The maximum absolute atomic E-state index is 8.63. The first kappa shape index (κ1) is 5.80. The highest BCUT2D eigenvalue weighted by Gasteiger charge is 2.76. The number of hydrogen-bond acceptors (Lipinski definition) is 1. The smallest absolute Gasteiger partial charge is 0.0911 e. The molecule has 1 nitrogen and oxygen atoms in total. The monoisotopic (exact) mass is 157 g/mol. The molecule has 6 bridgehead atoms. The molecule has 0 amide bonds. The van der Waals surface area contributed by atoms with Crippen LogP contribution in [0.25, 0.3) is 0 Å². The van der Waals surface area contributed by atoms with Gasteiger partial charge in [-0.25, -0.2) is 0 Å². The Morgan fingerprint density at radius 2 is 2.17 bits per heavy atom. The third-order valence-corrected chi connectivity index (χ3v) is 4.91. The first-order valence-corrected chi connectivity index (χ1v) is 5.00. The van der Waals surface area contributed by atoms with E-state index in [4.69, 9.17) is 5.26 Å². The third-order valence-electron chi connectivity index (χ3n) is 4.91. The molecule has 1 heteroatoms. The number of rotatable bonds is 0. The van der Waals surface area contributed by atoms with Crippen molar-refractivity contribution in [2.45, 2.75) is 12.8 Å². The summed E-state index contributed by atoms with van der Waals surface area (Å²) in [7, 11) is 0. The van der Waals surface area contributed by atoms with Crippen LogP contribution in [-0.4, -0.2) is 0 Å². The van der Waals surface area contributed by atoms with Crippen LogP contribution in [0, 0.1) is 46.8 Å². The molecule has 5 saturated carbocycles. The number of nitriles is 1. The second-order valence-electron chi connectivity index (χ2n) is 4.96. The van der Waals surface area contributed by atoms with Gasteiger partial charge in [-0.3, -0.25) is 0 Å². The van der Waals surface area contributed by atoms with Gasteiger partial charge in [0.1, 0.15) is 0 Å². The molecule has 6 atom stereocenters. The second kappa shape index (κ2) is 1.48. The lowest BCUT2D eigenvalue weighted by Crippen LogP contribution is -2.02. The highest BCUT2D eigenvalue weighted by molar-refractivity contribution is 5.37. The van der Waals surface area contributed by atoms with E-state index in [-0.39, 0.29) is 0 Å². The van der Waals surface area contributed by atoms with Crippen molar-refractivity contribution in [3.63, 3.8) is 0 Å². The molecule has 0 heterocycles. The summed E-state index contributed by atoms with van der Waals surface area (Å²) in [5.74, 6) is 6.19. The molecule has 5 aliphatic rings. The van der Waals surface area contributed by atoms with Crippen LogP contribution in [-0.2, 0) is 0 Å². The summed E-state index contributed by atoms with van der Waals surface area (Å²) in [6.45, 7) is 0. The topological polar surface area (TPSA) is 23.8 Å². The van der Waals surface area contributed by atoms with Crippen LogP contribution < -0.4 is 0 Å². The summed E-state index contributed by atoms with van der Waals surface area (Å²) >= 11 is 0. The zero-order chi connectivity index (χ0) is 7.87. The average Bonchev–Trinajstić information content (AvgIpc) is 2.48. The largest absolute Gasteiger partial charge is 0.193 e. The summed E-state index contributed by atoms with van der Waals surface area (Å²) in [4.78, 5) is 0. The molecular weight excluding hydrogens is 146 g/mol. The summed E-state index contributed by atoms with van der Waals surface area (Å²) < 4.78 is 0. The van der Waals surface area contributed by atoms with E-state index in [0.717, 1.165) is 35.5 Å². The Labute approximate surface area is 72.1 Å². The van der Waals surface area contributed by atoms with Gasteiger partial charge in [-0.05, 0) is 48.3 Å². The fourth-order valence-electron chi connectivity index (χ4n) is 4.78. The van der Waals surface area contributed by atoms with E-state index in [1.165, 1.54) is 18.4 Å². The predicted molar refractivity (Wildman–Crippen MR) is 43.9 cm³/mol. The zero-order valence-corrected chi connectivity index (χ0v) is 6.90. The van der Waals surface area contributed by atoms with Crippen LogP contribution in [0.4, 0.5) is 0 Å². The molecular formula is C11H11N. The lowest BCUT2D eigenvalue weighted by molar-refractivity contribution is 0.445. The van der Waals surface area contributed by atoms with Crippen LogP contribution in [0.15, 0.2) is 11.6 Å². The fourth-order valence-corrected chi connectivity index (χ4v) is 4.78. The van der Waals surface area contributed by atoms with Gasteiger partial charge in [-0.1, -0.05) is 5.57 Å². The molecule has 6 unspecified atom stereocenters. The Morgan fingerprint density at radius 3 is 2.75 bits per heavy atom. The number of hydrogen-bond donors (Lipinski definition) is 0. The standard InChI is InChI=1S/C11H11N/c12-2-1-5-3-6-7-4-8-10(6)11(8)9(5)7/h1,6-11H,3-4H2. The average molecular weight is 157 g/mol. The lowest BCUT2D eigenvalue weighted by Gasteiger charge is -2.10. The molecule has 12 heavy (non-hydrogen) atoms. The summed E-state index contributed by atoms with van der Waals surface area (Å²) in [6.07, 6.45) is 4.63. The number of allylic oxidation sites excluding steroid dienone is 2. The van der Waals surface area contributed by atoms with E-state index in [9.17, 15) is 0 Å². The molecule has 60 valence electrons. The van der Waals surface area contributed by atoms with Crippen LogP contribution in [0.1, 0.15) is 12.8 Å². The first-order chi connectivity index (χ1) is 5.92. The van der Waals surface area contributed by atoms with Crippen molar-refractivity contribution in [1.82, 2.24) is 0 Å². The molecule has 5 aliphatic carbocycles. The lowest BCUT2D eigenvalue weighted by atomic mass is 9.94. The van der Waals surface area contributed by atoms with Gasteiger partial charge in [-0.2, -0.15) is 5.26 Å². The van der Waals surface area contributed by atoms with Crippen molar-refractivity contribution < 1.29 is 0 Å². The molecule has 0 N–H and O–H groups in total. The second-order valence-corrected chi connectivity index (χ2v) is 4.96. The van der Waals surface area contributed by atoms with Gasteiger partial charge in [0.05, 0.1) is 6.07 Å². The van der Waals surface area contributed by atoms with Gasteiger partial charge >= 0.3 is 0 Å². The molecule has 0 aliphatic heterocycles. The van der Waals surface area contributed by atoms with Gasteiger partial charge in [0.25, 0.3) is 0 Å². The highest BCUT2D eigenvalue weighted by atomic mass is 14.8. The van der Waals surface area contributed by atoms with Crippen LogP contribution in [0.5, 0.6) is 0 Å². The quantitative estimate of drug-likeness (QED) is 0.493. The molecule has 5 fully saturated rings. The minimum Gasteiger partial charge on any atom is -0.193 e. The van der Waals surface area contributed by atoms with E-state index in [1.54, 1.807) is 0 Å². The van der Waals surface area contributed by atoms with Crippen molar-refractivity contribution in [3.05, 3.63) is 11.6 Å². The Bertz CT molecular complexity index is 335. The van der Waals surface area contributed by atoms with E-state index >= 15 is 0 Å². The van der Waals surface area contributed by atoms with Gasteiger partial charge in [0.15, 0.2) is 0 Å². The van der Waals surface area contributed by atoms with Crippen molar-refractivity contribution >= 4 is 0 Å². The van der Waals surface area contributed by atoms with Crippen LogP contribution in [0.2, 0.25) is 0 Å². The normalized spacial score (nSPS) is 65.8. The van der Waals surface area contributed by atoms with Crippen molar-refractivity contribution in [1.29, 1.82) is 5.26 Å². The van der Waals surface area contributed by atoms with E-state index in [2.05, 4.69) is 6.07 Å². The van der Waals surface area contributed by atoms with Crippen LogP contribution in [0.3, 0.4) is 0 Å².